The first-order valence-electron chi connectivity index (χ1n) is 33.0. The zero-order valence-electron chi connectivity index (χ0n) is 56.9. The van der Waals surface area contributed by atoms with E-state index in [4.69, 9.17) is 57.6 Å². The van der Waals surface area contributed by atoms with Gasteiger partial charge in [-0.1, -0.05) is 13.8 Å². The summed E-state index contributed by atoms with van der Waals surface area (Å²) >= 11 is 1.31. The van der Waals surface area contributed by atoms with Crippen molar-refractivity contribution in [2.75, 3.05) is 58.1 Å². The standard InChI is InChI=1S/C37H58N4O21S.C22H34N3O16P/c1-4-18-25(49)28(52)36(61-33(18)56-15-43)59-30-19(14-42)58-34(24(26(30)50)40-17(2)45)60-31-27(51)29(53)35(62-37(31)57-16-44)55-11-9-39-22(47)7-5-10-41-23(48)13-20(32(41)54)63-12-6-8-21(46)38-3;1-2-9(27)5-10-11(28)6-22(20(33)34,40-18(10)15(30)12(29)7-26)41-42(36,37)38-8-13-16(31)17(32)19(39-13)25-4-3-14(23)24-21(25)35/h15-16,18-20,24-31,33-37,42,49-53H,4-14H2,1-3H3,(H,38,46)(H,39,47)(H,40,45);3-4,10-13,15-19,26,28-32H,2,5-8H2,1H3,(H,33,34)(H,36,37)(H2,23,24,35)/p-1/t18-,19?,20?,24?,25-,26+,27+,28?,29?,30+,31-,33?,34+,35+,36+,37?;10-,11-,12-,13-,15-,16+,17?,18?,19-,22-/m01/s1. The number of carboxylic acid groups (broad SMARTS) is 1. The molecule has 7 rings (SSSR count). The number of phosphoric acid groups is 1. The maximum Gasteiger partial charge on any atom is 0.364 e. The van der Waals surface area contributed by atoms with Crippen LogP contribution < -0.4 is 32.3 Å². The minimum atomic E-state index is -5.75. The molecule has 0 saturated carbocycles. The molecular weight excluding hydrogens is 1460 g/mol. The van der Waals surface area contributed by atoms with Crippen molar-refractivity contribution >= 4 is 79.6 Å². The number of aliphatic hydroxyl groups excluding tert-OH is 12. The van der Waals surface area contributed by atoms with Crippen LogP contribution in [0.1, 0.15) is 84.8 Å². The van der Waals surface area contributed by atoms with Crippen LogP contribution in [-0.4, -0.2) is 327 Å². The van der Waals surface area contributed by atoms with Crippen LogP contribution in [0.25, 0.3) is 0 Å². The average molecular weight is 1550 g/mol. The number of thioether (sulfide) groups is 1. The fourth-order valence-corrected chi connectivity index (χ4v) is 14.1. The van der Waals surface area contributed by atoms with E-state index in [-0.39, 0.29) is 88.3 Å². The van der Waals surface area contributed by atoms with Gasteiger partial charge in [0.1, 0.15) is 84.8 Å². The van der Waals surface area contributed by atoms with Gasteiger partial charge in [-0.25, -0.2) is 9.59 Å². The minimum absolute atomic E-state index is 0.00706. The number of imide groups is 1. The Balaban J connectivity index is 0.000000357. The van der Waals surface area contributed by atoms with E-state index >= 15 is 0 Å². The highest BCUT2D eigenvalue weighted by atomic mass is 32.2. The number of Topliss-reactive ketones (excluding diaryl/α,β-unsaturated/α-hetero) is 1. The Bertz CT molecular complexity index is 3190. The van der Waals surface area contributed by atoms with Crippen molar-refractivity contribution in [1.29, 1.82) is 0 Å². The van der Waals surface area contributed by atoms with E-state index in [9.17, 15) is 124 Å². The number of carboxylic acids is 1. The van der Waals surface area contributed by atoms with E-state index in [1.807, 2.05) is 0 Å². The summed E-state index contributed by atoms with van der Waals surface area (Å²) in [4.78, 5) is 138. The monoisotopic (exact) mass is 1550 g/mol. The molecular formula is C59H91N7O37PS-. The maximum atomic E-state index is 12.7. The third-order valence-electron chi connectivity index (χ3n) is 17.6. The molecule has 0 radical (unpaired) electrons. The molecule has 0 aliphatic carbocycles. The van der Waals surface area contributed by atoms with Crippen LogP contribution in [0.2, 0.25) is 0 Å². The van der Waals surface area contributed by atoms with E-state index in [1.165, 1.54) is 31.8 Å². The highest BCUT2D eigenvalue weighted by Crippen LogP contribution is 2.50. The number of nitrogens with one attached hydrogen (secondary N) is 3. The summed E-state index contributed by atoms with van der Waals surface area (Å²) in [5, 5.41) is 143. The second-order valence-electron chi connectivity index (χ2n) is 24.8. The molecule has 6 aliphatic heterocycles. The number of likely N-dealkylation sites (tertiary alicyclic amines) is 1. The third kappa shape index (κ3) is 22.8. The summed E-state index contributed by atoms with van der Waals surface area (Å²) < 4.78 is 77.5. The van der Waals surface area contributed by atoms with Gasteiger partial charge in [0.05, 0.1) is 55.9 Å². The third-order valence-corrected chi connectivity index (χ3v) is 19.9. The molecule has 0 aromatic carbocycles. The molecule has 7 heterocycles. The van der Waals surface area contributed by atoms with Gasteiger partial charge in [-0.3, -0.25) is 56.9 Å². The Morgan fingerprint density at radius 3 is 2.10 bits per heavy atom. The van der Waals surface area contributed by atoms with Gasteiger partial charge >= 0.3 is 11.7 Å². The fraction of sp³-hybridized carbons (Fsp3) is 0.780. The zero-order chi connectivity index (χ0) is 77.9. The second-order valence-corrected chi connectivity index (χ2v) is 27.4. The highest BCUT2D eigenvalue weighted by Gasteiger charge is 2.59. The highest BCUT2D eigenvalue weighted by molar-refractivity contribution is 8.00. The van der Waals surface area contributed by atoms with E-state index in [0.717, 1.165) is 22.6 Å². The number of carbonyl (C=O) groups excluding carboxylic acids is 8. The molecule has 5 amide bonds. The SMILES string of the molecule is CCC(=O)C[C@H]1C([C@H](O)[C@H](O)CO)O[C@](OP(=O)([O-])OC[C@H]2O[C@@H](n3ccc(N)nc3=O)C(O)[C@H]2O)(C(=O)O)C[C@H]1O.CC[C@@H]1C(OC=O)O[C@@H](O[C@@H]2C(CO)O[C@H](O[C@@H]3C(OC=O)O[C@@H](OCCNC(=O)CCCN4C(=O)CC(SCCCC(=O)NC)C4=O)C(O)[C@H]3O)C(NC(C)=O)[C@H]2O)C(O)[C@H]1O. The molecule has 6 aliphatic rings. The lowest BCUT2D eigenvalue weighted by Gasteiger charge is -2.49. The van der Waals surface area contributed by atoms with Crippen LogP contribution in [0.5, 0.6) is 0 Å². The van der Waals surface area contributed by atoms with Crippen molar-refractivity contribution < 1.29 is 175 Å². The van der Waals surface area contributed by atoms with Crippen molar-refractivity contribution in [3.05, 3.63) is 22.7 Å². The summed E-state index contributed by atoms with van der Waals surface area (Å²) in [5.41, 5.74) is 4.46. The van der Waals surface area contributed by atoms with Gasteiger partial charge < -0.3 is 145 Å². The Kier molecular flexibility index (Phi) is 33.8. The van der Waals surface area contributed by atoms with Gasteiger partial charge in [0.15, 0.2) is 31.2 Å². The number of rotatable bonds is 37. The number of phosphoric ester groups is 1. The van der Waals surface area contributed by atoms with Gasteiger partial charge in [0, 0.05) is 77.7 Å². The van der Waals surface area contributed by atoms with Gasteiger partial charge in [-0.15, -0.1) is 11.8 Å². The molecule has 18 N–H and O–H groups in total. The zero-order valence-corrected chi connectivity index (χ0v) is 58.7. The number of aromatic nitrogens is 2. The molecule has 0 spiro atoms. The number of amides is 5. The summed E-state index contributed by atoms with van der Waals surface area (Å²) in [5.74, 6) is -9.55. The number of anilines is 1. The van der Waals surface area contributed by atoms with E-state index in [1.54, 1.807) is 6.92 Å². The predicted octanol–water partition coefficient (Wildman–Crippen LogP) is -9.60. The van der Waals surface area contributed by atoms with Crippen molar-refractivity contribution in [3.63, 3.8) is 0 Å². The van der Waals surface area contributed by atoms with Crippen molar-refractivity contribution in [1.82, 2.24) is 30.4 Å². The Morgan fingerprint density at radius 2 is 1.49 bits per heavy atom. The Labute approximate surface area is 601 Å². The fourth-order valence-electron chi connectivity index (χ4n) is 12.0. The molecule has 1 aromatic rings. The lowest BCUT2D eigenvalue weighted by molar-refractivity contribution is -0.387. The molecule has 6 saturated heterocycles. The predicted molar refractivity (Wildman–Crippen MR) is 339 cm³/mol. The number of nitrogen functional groups attached to an aromatic ring is 1. The number of ketones is 1. The molecule has 6 fully saturated rings. The number of nitrogens with zero attached hydrogens (tertiary/aromatic N) is 3. The molecule has 46 heteroatoms. The van der Waals surface area contributed by atoms with Gasteiger partial charge in [-0.05, 0) is 31.1 Å². The van der Waals surface area contributed by atoms with Gasteiger partial charge in [0.2, 0.25) is 42.1 Å². The first-order valence-corrected chi connectivity index (χ1v) is 35.6. The lowest BCUT2D eigenvalue weighted by Crippen LogP contribution is -2.69. The molecule has 44 nitrogen and oxygen atoms in total. The number of aliphatic carboxylic acids is 1. The molecule has 1 aromatic heterocycles. The summed E-state index contributed by atoms with van der Waals surface area (Å²) in [6.07, 6.45) is -36.0. The topological polar surface area (TPSA) is 668 Å². The van der Waals surface area contributed by atoms with Crippen LogP contribution in [0.3, 0.4) is 0 Å². The number of ether oxygens (including phenoxy) is 10. The molecule has 0 bridgehead atoms. The van der Waals surface area contributed by atoms with Gasteiger partial charge in [-0.2, -0.15) is 4.98 Å². The molecule has 27 atom stereocenters. The minimum Gasteiger partial charge on any atom is -0.756 e. The molecule has 105 heavy (non-hydrogen) atoms. The van der Waals surface area contributed by atoms with Crippen LogP contribution in [0, 0.1) is 11.8 Å². The van der Waals surface area contributed by atoms with Crippen molar-refractivity contribution in [2.24, 2.45) is 11.8 Å². The number of hydrogen-bond donors (Lipinski definition) is 17. The Hall–Kier alpha value is -6.03. The quantitative estimate of drug-likeness (QED) is 0.0127. The number of nitrogens with two attached hydrogens (primary N) is 1. The van der Waals surface area contributed by atoms with E-state index < -0.39 is 228 Å². The Morgan fingerprint density at radius 1 is 0.829 bits per heavy atom. The van der Waals surface area contributed by atoms with Crippen LogP contribution in [0.4, 0.5) is 5.82 Å². The first kappa shape index (κ1) is 87.9. The summed E-state index contributed by atoms with van der Waals surface area (Å²) in [6, 6.07) is -0.390. The number of hydrogen-bond acceptors (Lipinski definition) is 39. The van der Waals surface area contributed by atoms with E-state index in [0.29, 0.717) is 18.6 Å². The maximum absolute atomic E-state index is 12.7. The lowest BCUT2D eigenvalue weighted by atomic mass is 9.80. The largest absolute Gasteiger partial charge is 0.756 e. The van der Waals surface area contributed by atoms with E-state index in [2.05, 4.69) is 25.5 Å². The normalized spacial score (nSPS) is 35.2. The van der Waals surface area contributed by atoms with Crippen LogP contribution in [-0.2, 0) is 104 Å². The van der Waals surface area contributed by atoms with Crippen molar-refractivity contribution in [3.8, 4) is 0 Å². The number of carbonyl (C=O) groups is 9. The first-order chi connectivity index (χ1) is 49.6. The molecule has 10 unspecified atom stereocenters. The summed E-state index contributed by atoms with van der Waals surface area (Å²) in [7, 11) is -4.22. The average Bonchev–Trinajstić information content (AvgIpc) is 1.48. The second kappa shape index (κ2) is 40.4. The number of aliphatic hydroxyl groups is 12. The molecule has 596 valence electrons. The van der Waals surface area contributed by atoms with Gasteiger partial charge in [0.25, 0.3) is 26.6 Å². The summed E-state index contributed by atoms with van der Waals surface area (Å²) in [6.45, 7) is 0.870. The smallest absolute Gasteiger partial charge is 0.364 e. The van der Waals surface area contributed by atoms with Crippen molar-refractivity contribution in [2.45, 2.75) is 225 Å². The van der Waals surface area contributed by atoms with Crippen LogP contribution in [0.15, 0.2) is 17.1 Å². The van der Waals surface area contributed by atoms with Crippen LogP contribution >= 0.6 is 19.6 Å².